The molecular formula is C37H37N2O+. The molecule has 2 bridgehead atoms. The highest BCUT2D eigenvalue weighted by Gasteiger charge is 2.54. The fraction of sp³-hybridized carbons (Fsp3) is 0.270. The summed E-state index contributed by atoms with van der Waals surface area (Å²) >= 11 is 0. The van der Waals surface area contributed by atoms with E-state index in [0.717, 1.165) is 36.1 Å². The van der Waals surface area contributed by atoms with Crippen molar-refractivity contribution in [2.45, 2.75) is 31.5 Å². The van der Waals surface area contributed by atoms with Crippen LogP contribution in [-0.2, 0) is 11.3 Å². The Balaban J connectivity index is 1.41. The van der Waals surface area contributed by atoms with Crippen LogP contribution in [0.4, 0.5) is 0 Å². The number of hydrogen-bond donors (Lipinski definition) is 0. The zero-order valence-corrected chi connectivity index (χ0v) is 23.1. The molecule has 4 aromatic carbocycles. The van der Waals surface area contributed by atoms with Crippen molar-refractivity contribution >= 4 is 32.4 Å². The summed E-state index contributed by atoms with van der Waals surface area (Å²) < 4.78 is 7.81. The molecule has 1 aromatic heterocycles. The molecule has 3 heteroatoms. The number of nitrogens with zero attached hydrogens (tertiary/aromatic N) is 2. The Labute approximate surface area is 237 Å². The second-order valence-electron chi connectivity index (χ2n) is 11.8. The molecule has 3 saturated heterocycles. The molecule has 0 N–H and O–H groups in total. The summed E-state index contributed by atoms with van der Waals surface area (Å²) in [6, 6.07) is 31.2. The summed E-state index contributed by atoms with van der Waals surface area (Å²) in [5.74, 6) is 1.18. The third-order valence-corrected chi connectivity index (χ3v) is 9.76. The van der Waals surface area contributed by atoms with Crippen molar-refractivity contribution in [1.29, 1.82) is 0 Å². The van der Waals surface area contributed by atoms with Crippen LogP contribution >= 0.6 is 0 Å². The maximum atomic E-state index is 6.80. The van der Waals surface area contributed by atoms with Gasteiger partial charge < -0.3 is 9.22 Å². The first kappa shape index (κ1) is 25.2. The number of hydrogen-bond acceptors (Lipinski definition) is 2. The van der Waals surface area contributed by atoms with Gasteiger partial charge in [0, 0.05) is 35.9 Å². The lowest BCUT2D eigenvalue weighted by molar-refractivity contribution is -0.984. The van der Waals surface area contributed by atoms with Crippen LogP contribution < -0.4 is 0 Å². The first-order valence-corrected chi connectivity index (χ1v) is 14.6. The number of rotatable bonds is 8. The van der Waals surface area contributed by atoms with E-state index in [2.05, 4.69) is 109 Å². The average molecular weight is 526 g/mol. The van der Waals surface area contributed by atoms with Crippen molar-refractivity contribution < 1.29 is 9.22 Å². The fourth-order valence-electron chi connectivity index (χ4n) is 7.90. The fourth-order valence-corrected chi connectivity index (χ4v) is 7.90. The normalized spacial score (nSPS) is 24.9. The minimum atomic E-state index is -0.0410. The molecule has 200 valence electrons. The number of quaternary nitrogens is 1. The van der Waals surface area contributed by atoms with Gasteiger partial charge in [0.15, 0.2) is 0 Å². The van der Waals surface area contributed by atoms with Gasteiger partial charge in [-0.3, -0.25) is 4.98 Å². The predicted molar refractivity (Wildman–Crippen MR) is 166 cm³/mol. The first-order valence-electron chi connectivity index (χ1n) is 14.6. The number of piperidine rings is 3. The SMILES string of the molecule is C=CCOC(c1ccnc2ccccc12)[C@@H]1C[C@@H]2CC[N@@+]1(Cc1c3ccccc3cc3ccccc13)C[C@@H]2C=C. The minimum Gasteiger partial charge on any atom is -0.363 e. The van der Waals surface area contributed by atoms with Crippen LogP contribution in [0.2, 0.25) is 0 Å². The van der Waals surface area contributed by atoms with E-state index in [4.69, 9.17) is 4.74 Å². The number of aromatic nitrogens is 1. The first-order chi connectivity index (χ1) is 19.7. The van der Waals surface area contributed by atoms with Gasteiger partial charge in [0.25, 0.3) is 0 Å². The van der Waals surface area contributed by atoms with Gasteiger partial charge in [0.2, 0.25) is 0 Å². The summed E-state index contributed by atoms with van der Waals surface area (Å²) in [5.41, 5.74) is 3.74. The van der Waals surface area contributed by atoms with E-state index in [9.17, 15) is 0 Å². The molecule has 3 nitrogen and oxygen atoms in total. The maximum absolute atomic E-state index is 6.80. The molecular weight excluding hydrogens is 488 g/mol. The number of ether oxygens (including phenoxy) is 1. The summed E-state index contributed by atoms with van der Waals surface area (Å²) in [6.07, 6.45) is 8.41. The van der Waals surface area contributed by atoms with Crippen LogP contribution in [0, 0.1) is 11.8 Å². The molecule has 0 radical (unpaired) electrons. The van der Waals surface area contributed by atoms with Crippen molar-refractivity contribution in [3.8, 4) is 0 Å². The molecule has 3 fully saturated rings. The van der Waals surface area contributed by atoms with E-state index < -0.39 is 0 Å². The van der Waals surface area contributed by atoms with E-state index in [1.165, 1.54) is 44.5 Å². The molecule has 40 heavy (non-hydrogen) atoms. The topological polar surface area (TPSA) is 22.1 Å². The largest absolute Gasteiger partial charge is 0.363 e. The van der Waals surface area contributed by atoms with Crippen molar-refractivity contribution in [3.05, 3.63) is 128 Å². The van der Waals surface area contributed by atoms with Crippen molar-refractivity contribution in [3.63, 3.8) is 0 Å². The second-order valence-corrected chi connectivity index (χ2v) is 11.8. The standard InChI is InChI=1S/C37H37N2O/c1-3-21-40-37(33-17-19-38-35-16-10-9-15-32(33)35)36-23-27-18-20-39(36,24-26(27)4-2)25-34-30-13-7-5-11-28(30)22-29-12-6-8-14-31(29)34/h3-17,19,22,26-27,36-37H,1-2,18,20-21,23-25H2/q+1/t26-,27-,36-,37?,39-/m0/s1. The second kappa shape index (κ2) is 10.3. The van der Waals surface area contributed by atoms with Gasteiger partial charge in [0.05, 0.1) is 25.2 Å². The molecule has 0 aliphatic carbocycles. The zero-order valence-electron chi connectivity index (χ0n) is 23.1. The van der Waals surface area contributed by atoms with E-state index in [1.807, 2.05) is 12.3 Å². The molecule has 5 aromatic rings. The summed E-state index contributed by atoms with van der Waals surface area (Å²) in [5, 5.41) is 6.56. The lowest BCUT2D eigenvalue weighted by atomic mass is 9.70. The number of benzene rings is 4. The molecule has 1 unspecified atom stereocenters. The third-order valence-electron chi connectivity index (χ3n) is 9.76. The molecule has 0 spiro atoms. The van der Waals surface area contributed by atoms with Crippen LogP contribution in [0.5, 0.6) is 0 Å². The minimum absolute atomic E-state index is 0.0410. The number of fused-ring (bicyclic) bond motifs is 6. The van der Waals surface area contributed by atoms with Gasteiger partial charge in [0.1, 0.15) is 18.7 Å². The Bertz CT molecular complexity index is 1670. The van der Waals surface area contributed by atoms with Crippen LogP contribution in [0.1, 0.15) is 30.1 Å². The molecule has 3 aliphatic rings. The highest BCUT2D eigenvalue weighted by Crippen LogP contribution is 2.50. The molecule has 0 saturated carbocycles. The van der Waals surface area contributed by atoms with Crippen molar-refractivity contribution in [2.75, 3.05) is 19.7 Å². The number of pyridine rings is 1. The quantitative estimate of drug-likeness (QED) is 0.115. The van der Waals surface area contributed by atoms with E-state index in [0.29, 0.717) is 24.5 Å². The Morgan fingerprint density at radius 1 is 0.900 bits per heavy atom. The lowest BCUT2D eigenvalue weighted by Gasteiger charge is -2.58. The van der Waals surface area contributed by atoms with Gasteiger partial charge in [-0.15, -0.1) is 13.2 Å². The van der Waals surface area contributed by atoms with Crippen molar-refractivity contribution in [2.24, 2.45) is 11.8 Å². The van der Waals surface area contributed by atoms with Crippen molar-refractivity contribution in [1.82, 2.24) is 4.98 Å². The molecule has 8 rings (SSSR count). The average Bonchev–Trinajstić information content (AvgIpc) is 3.01. The van der Waals surface area contributed by atoms with Gasteiger partial charge in [-0.25, -0.2) is 0 Å². The highest BCUT2D eigenvalue weighted by molar-refractivity contribution is 6.02. The van der Waals surface area contributed by atoms with Crippen LogP contribution in [0.15, 0.2) is 116 Å². The van der Waals surface area contributed by atoms with Gasteiger partial charge >= 0.3 is 0 Å². The Morgan fingerprint density at radius 3 is 2.33 bits per heavy atom. The predicted octanol–water partition coefficient (Wildman–Crippen LogP) is 8.40. The molecule has 5 atom stereocenters. The van der Waals surface area contributed by atoms with Crippen LogP contribution in [0.3, 0.4) is 0 Å². The van der Waals surface area contributed by atoms with E-state index >= 15 is 0 Å². The Kier molecular flexibility index (Phi) is 6.50. The van der Waals surface area contributed by atoms with Gasteiger partial charge in [-0.2, -0.15) is 0 Å². The maximum Gasteiger partial charge on any atom is 0.135 e. The summed E-state index contributed by atoms with van der Waals surface area (Å²) in [4.78, 5) is 4.68. The number of para-hydroxylation sites is 1. The lowest BCUT2D eigenvalue weighted by Crippen LogP contribution is -2.67. The summed E-state index contributed by atoms with van der Waals surface area (Å²) in [6.45, 7) is 12.1. The molecule has 4 heterocycles. The Morgan fingerprint density at radius 2 is 1.60 bits per heavy atom. The summed E-state index contributed by atoms with van der Waals surface area (Å²) in [7, 11) is 0. The Hall–Kier alpha value is -3.79. The van der Waals surface area contributed by atoms with Gasteiger partial charge in [-0.1, -0.05) is 78.9 Å². The van der Waals surface area contributed by atoms with E-state index in [-0.39, 0.29) is 6.10 Å². The zero-order chi connectivity index (χ0) is 27.1. The smallest absolute Gasteiger partial charge is 0.135 e. The highest BCUT2D eigenvalue weighted by atomic mass is 16.5. The van der Waals surface area contributed by atoms with E-state index in [1.54, 1.807) is 0 Å². The molecule has 0 amide bonds. The third kappa shape index (κ3) is 4.16. The van der Waals surface area contributed by atoms with Crippen LogP contribution in [0.25, 0.3) is 32.4 Å². The molecule has 3 aliphatic heterocycles. The van der Waals surface area contributed by atoms with Crippen LogP contribution in [-0.4, -0.2) is 35.2 Å². The van der Waals surface area contributed by atoms with Gasteiger partial charge in [-0.05, 0) is 51.2 Å². The monoisotopic (exact) mass is 525 g/mol.